The zero-order valence-corrected chi connectivity index (χ0v) is 13.6. The van der Waals surface area contributed by atoms with Crippen LogP contribution in [-0.2, 0) is 6.42 Å². The zero-order valence-electron chi connectivity index (χ0n) is 9.29. The predicted molar refractivity (Wildman–Crippen MR) is 90.1 cm³/mol. The molecule has 0 atom stereocenters. The van der Waals surface area contributed by atoms with Crippen LogP contribution in [0.15, 0.2) is 42.5 Å². The molecule has 0 bridgehead atoms. The summed E-state index contributed by atoms with van der Waals surface area (Å²) >= 11 is 4.81. The molecule has 17 heavy (non-hydrogen) atoms. The van der Waals surface area contributed by atoms with Gasteiger partial charge in [-0.25, -0.2) is 0 Å². The Morgan fingerprint density at radius 2 is 1.59 bits per heavy atom. The molecule has 0 fully saturated rings. The van der Waals surface area contributed by atoms with Crippen molar-refractivity contribution in [2.24, 2.45) is 5.73 Å². The molecule has 0 radical (unpaired) electrons. The third-order valence-corrected chi connectivity index (χ3v) is 4.87. The Morgan fingerprint density at radius 1 is 0.882 bits per heavy atom. The topological polar surface area (TPSA) is 26.0 Å². The van der Waals surface area contributed by atoms with Crippen molar-refractivity contribution >= 4 is 45.2 Å². The number of hydrogen-bond acceptors (Lipinski definition) is 1. The molecule has 3 heteroatoms. The van der Waals surface area contributed by atoms with E-state index in [1.54, 1.807) is 0 Å². The molecule has 88 valence electrons. The van der Waals surface area contributed by atoms with Gasteiger partial charge in [0, 0.05) is 7.14 Å². The summed E-state index contributed by atoms with van der Waals surface area (Å²) in [6.45, 7) is 0.700. The fraction of sp³-hybridized carbons (Fsp3) is 0.143. The highest BCUT2D eigenvalue weighted by molar-refractivity contribution is 14.1. The van der Waals surface area contributed by atoms with Gasteiger partial charge in [0.05, 0.1) is 0 Å². The first-order valence-corrected chi connectivity index (χ1v) is 7.62. The van der Waals surface area contributed by atoms with Crippen molar-refractivity contribution in [3.8, 4) is 11.1 Å². The van der Waals surface area contributed by atoms with Crippen molar-refractivity contribution in [2.75, 3.05) is 6.54 Å². The molecule has 0 saturated carbocycles. The van der Waals surface area contributed by atoms with Gasteiger partial charge in [0.15, 0.2) is 0 Å². The van der Waals surface area contributed by atoms with Gasteiger partial charge in [-0.2, -0.15) is 0 Å². The molecule has 2 aromatic rings. The third-order valence-electron chi connectivity index (χ3n) is 2.66. The second-order valence-electron chi connectivity index (χ2n) is 3.80. The van der Waals surface area contributed by atoms with Crippen molar-refractivity contribution in [2.45, 2.75) is 6.42 Å². The normalized spacial score (nSPS) is 10.5. The number of hydrogen-bond donors (Lipinski definition) is 1. The minimum absolute atomic E-state index is 0.700. The number of halogens is 2. The van der Waals surface area contributed by atoms with Gasteiger partial charge in [-0.1, -0.05) is 36.4 Å². The Morgan fingerprint density at radius 3 is 2.29 bits per heavy atom. The van der Waals surface area contributed by atoms with Gasteiger partial charge in [0.1, 0.15) is 0 Å². The Kier molecular flexibility index (Phi) is 4.81. The van der Waals surface area contributed by atoms with E-state index < -0.39 is 0 Å². The Balaban J connectivity index is 2.53. The summed E-state index contributed by atoms with van der Waals surface area (Å²) in [5, 5.41) is 0. The molecular formula is C14H13I2N. The smallest absolute Gasteiger partial charge is 0.0241 e. The SMILES string of the molecule is NCCc1cccc(-c2ccccc2I)c1I. The quantitative estimate of drug-likeness (QED) is 0.704. The molecule has 1 nitrogen and oxygen atoms in total. The maximum Gasteiger partial charge on any atom is 0.0241 e. The van der Waals surface area contributed by atoms with Crippen LogP contribution in [0.5, 0.6) is 0 Å². The zero-order chi connectivity index (χ0) is 12.3. The van der Waals surface area contributed by atoms with E-state index in [2.05, 4.69) is 87.6 Å². The second kappa shape index (κ2) is 6.15. The molecular weight excluding hydrogens is 436 g/mol. The van der Waals surface area contributed by atoms with Gasteiger partial charge in [-0.05, 0) is 80.9 Å². The van der Waals surface area contributed by atoms with Crippen molar-refractivity contribution in [1.82, 2.24) is 0 Å². The second-order valence-corrected chi connectivity index (χ2v) is 6.04. The van der Waals surface area contributed by atoms with E-state index in [1.165, 1.54) is 23.8 Å². The van der Waals surface area contributed by atoms with Crippen LogP contribution in [0.2, 0.25) is 0 Å². The van der Waals surface area contributed by atoms with Crippen LogP contribution in [-0.4, -0.2) is 6.54 Å². The first-order valence-electron chi connectivity index (χ1n) is 5.46. The van der Waals surface area contributed by atoms with Crippen LogP contribution < -0.4 is 5.73 Å². The van der Waals surface area contributed by atoms with E-state index in [1.807, 2.05) is 0 Å². The maximum absolute atomic E-state index is 5.64. The first-order chi connectivity index (χ1) is 8.24. The molecule has 0 aromatic heterocycles. The first kappa shape index (κ1) is 13.3. The fourth-order valence-corrected chi connectivity index (χ4v) is 3.41. The standard InChI is InChI=1S/C14H13I2N/c15-13-7-2-1-5-11(13)12-6-3-4-10(8-9-17)14(12)16/h1-7H,8-9,17H2. The summed E-state index contributed by atoms with van der Waals surface area (Å²) in [7, 11) is 0. The van der Waals surface area contributed by atoms with E-state index in [9.17, 15) is 0 Å². The molecule has 0 heterocycles. The van der Waals surface area contributed by atoms with E-state index in [4.69, 9.17) is 5.73 Å². The lowest BCUT2D eigenvalue weighted by molar-refractivity contribution is 0.963. The third kappa shape index (κ3) is 3.00. The minimum Gasteiger partial charge on any atom is -0.330 e. The highest BCUT2D eigenvalue weighted by Gasteiger charge is 2.09. The minimum atomic E-state index is 0.700. The number of benzene rings is 2. The number of nitrogens with two attached hydrogens (primary N) is 1. The molecule has 2 rings (SSSR count). The molecule has 0 aliphatic rings. The summed E-state index contributed by atoms with van der Waals surface area (Å²) in [5.74, 6) is 0. The Bertz CT molecular complexity index is 523. The highest BCUT2D eigenvalue weighted by Crippen LogP contribution is 2.31. The Labute approximate surface area is 129 Å². The summed E-state index contributed by atoms with van der Waals surface area (Å²) < 4.78 is 2.60. The average molecular weight is 449 g/mol. The molecule has 2 N–H and O–H groups in total. The molecule has 0 aliphatic carbocycles. The lowest BCUT2D eigenvalue weighted by Gasteiger charge is -2.11. The molecule has 0 saturated heterocycles. The molecule has 2 aromatic carbocycles. The van der Waals surface area contributed by atoms with Crippen molar-refractivity contribution in [3.63, 3.8) is 0 Å². The summed E-state index contributed by atoms with van der Waals surface area (Å²) in [5.41, 5.74) is 9.59. The van der Waals surface area contributed by atoms with Crippen molar-refractivity contribution in [3.05, 3.63) is 55.2 Å². The van der Waals surface area contributed by atoms with Crippen LogP contribution >= 0.6 is 45.2 Å². The van der Waals surface area contributed by atoms with Crippen LogP contribution in [0.25, 0.3) is 11.1 Å². The summed E-state index contributed by atoms with van der Waals surface area (Å²) in [6.07, 6.45) is 0.940. The van der Waals surface area contributed by atoms with Gasteiger partial charge in [0.2, 0.25) is 0 Å². The average Bonchev–Trinajstić information content (AvgIpc) is 2.33. The van der Waals surface area contributed by atoms with Gasteiger partial charge >= 0.3 is 0 Å². The van der Waals surface area contributed by atoms with Crippen LogP contribution in [0.1, 0.15) is 5.56 Å². The van der Waals surface area contributed by atoms with Crippen molar-refractivity contribution in [1.29, 1.82) is 0 Å². The molecule has 0 amide bonds. The number of rotatable bonds is 3. The van der Waals surface area contributed by atoms with Gasteiger partial charge in [-0.15, -0.1) is 0 Å². The van der Waals surface area contributed by atoms with Gasteiger partial charge < -0.3 is 5.73 Å². The van der Waals surface area contributed by atoms with Crippen LogP contribution in [0.3, 0.4) is 0 Å². The van der Waals surface area contributed by atoms with E-state index >= 15 is 0 Å². The fourth-order valence-electron chi connectivity index (χ4n) is 1.82. The maximum atomic E-state index is 5.64. The predicted octanol–water partition coefficient (Wildman–Crippen LogP) is 4.06. The van der Waals surface area contributed by atoms with Crippen LogP contribution in [0, 0.1) is 7.14 Å². The largest absolute Gasteiger partial charge is 0.330 e. The molecule has 0 aliphatic heterocycles. The monoisotopic (exact) mass is 449 g/mol. The van der Waals surface area contributed by atoms with Crippen molar-refractivity contribution < 1.29 is 0 Å². The van der Waals surface area contributed by atoms with Gasteiger partial charge in [-0.3, -0.25) is 0 Å². The molecule has 0 spiro atoms. The van der Waals surface area contributed by atoms with Crippen LogP contribution in [0.4, 0.5) is 0 Å². The summed E-state index contributed by atoms with van der Waals surface area (Å²) in [6, 6.07) is 14.9. The van der Waals surface area contributed by atoms with E-state index in [0.717, 1.165) is 6.42 Å². The highest BCUT2D eigenvalue weighted by atomic mass is 127. The summed E-state index contributed by atoms with van der Waals surface area (Å²) in [4.78, 5) is 0. The van der Waals surface area contributed by atoms with E-state index in [0.29, 0.717) is 6.54 Å². The molecule has 0 unspecified atom stereocenters. The lowest BCUT2D eigenvalue weighted by atomic mass is 10.0. The van der Waals surface area contributed by atoms with Gasteiger partial charge in [0.25, 0.3) is 0 Å². The lowest BCUT2D eigenvalue weighted by Crippen LogP contribution is -2.04. The van der Waals surface area contributed by atoms with E-state index in [-0.39, 0.29) is 0 Å². The Hall–Kier alpha value is -0.140.